The number of fused-ring (bicyclic) bond motifs is 2. The van der Waals surface area contributed by atoms with Crippen molar-refractivity contribution >= 4 is 75.3 Å². The van der Waals surface area contributed by atoms with Crippen molar-refractivity contribution in [2.45, 2.75) is 105 Å². The van der Waals surface area contributed by atoms with Crippen LogP contribution < -0.4 is 21.4 Å². The topological polar surface area (TPSA) is 280 Å². The third-order valence-corrected chi connectivity index (χ3v) is 13.1. The van der Waals surface area contributed by atoms with E-state index in [0.29, 0.717) is 37.0 Å². The van der Waals surface area contributed by atoms with Gasteiger partial charge in [0.05, 0.1) is 70.3 Å². The zero-order valence-electron chi connectivity index (χ0n) is 47.3. The first-order valence-corrected chi connectivity index (χ1v) is 27.8. The first-order chi connectivity index (χ1) is 38.5. The summed E-state index contributed by atoms with van der Waals surface area (Å²) in [6, 6.07) is 11.3. The van der Waals surface area contributed by atoms with Gasteiger partial charge in [-0.2, -0.15) is 0 Å². The van der Waals surface area contributed by atoms with Crippen LogP contribution in [0.15, 0.2) is 53.3 Å². The molecule has 80 heavy (non-hydrogen) atoms. The van der Waals surface area contributed by atoms with Crippen molar-refractivity contribution in [3.05, 3.63) is 58.8 Å². The average Bonchev–Trinajstić information content (AvgIpc) is 3.58. The summed E-state index contributed by atoms with van der Waals surface area (Å²) in [4.78, 5) is 140. The number of hydrogen-bond donors (Lipinski definition) is 3. The summed E-state index contributed by atoms with van der Waals surface area (Å²) in [6.07, 6.45) is -0.663. The number of rotatable bonds is 30. The van der Waals surface area contributed by atoms with E-state index in [1.54, 1.807) is 58.6 Å². The Balaban J connectivity index is 1.71. The molecule has 4 rings (SSSR count). The molecule has 24 heteroatoms. The zero-order valence-corrected chi connectivity index (χ0v) is 47.3. The van der Waals surface area contributed by atoms with Gasteiger partial charge in [0.1, 0.15) is 18.1 Å². The van der Waals surface area contributed by atoms with Crippen LogP contribution in [0.5, 0.6) is 0 Å². The standard InChI is InChI=1S/C56H82N8O16/c1-7-75-50(68)24-21-42(54(72)78-10-4)57-47(65)37-61-29-27-60(35-36-64-45-19-15-13-17-40(45)53(71)41-18-14-16-20-46(41)64)28-30-62(38-48(66)58-43(55(73)79-11-5)22-25-51(69)76-8-2)32-34-63(33-31-61)39-49(67)59-44(56(74)80-12-6)23-26-52(70)77-9-3/h13-20,42-44H,7-12,21-39H2,1-6H3,(H,57,65)(H,58,66)(H,59,67)/t42-,43-,44-/m0/s1. The van der Waals surface area contributed by atoms with Gasteiger partial charge in [-0.3, -0.25) is 53.2 Å². The van der Waals surface area contributed by atoms with Crippen LogP contribution in [-0.4, -0.2) is 214 Å². The third kappa shape index (κ3) is 22.3. The number of esters is 6. The van der Waals surface area contributed by atoms with Gasteiger partial charge < -0.3 is 48.9 Å². The number of para-hydroxylation sites is 2. The first-order valence-electron chi connectivity index (χ1n) is 27.8. The number of ether oxygens (including phenoxy) is 6. The summed E-state index contributed by atoms with van der Waals surface area (Å²) in [5, 5.41) is 9.36. The lowest BCUT2D eigenvalue weighted by Crippen LogP contribution is -2.53. The maximum Gasteiger partial charge on any atom is 0.328 e. The SMILES string of the molecule is CCOC(=O)CC[C@H](NC(=O)CN1CCN(CCn2c3ccccc3c(=O)c3ccccc32)CCN(CC(=O)N[C@@H](CCC(=O)OCC)C(=O)OCC)CCN(CC(=O)N[C@@H](CCC(=O)OCC)C(=O)OCC)CC1)C(=O)OCC. The van der Waals surface area contributed by atoms with Gasteiger partial charge >= 0.3 is 35.8 Å². The van der Waals surface area contributed by atoms with Crippen LogP contribution in [0.4, 0.5) is 0 Å². The summed E-state index contributed by atoms with van der Waals surface area (Å²) in [5.41, 5.74) is 1.41. The molecule has 1 aliphatic heterocycles. The number of hydrogen-bond acceptors (Lipinski definition) is 20. The second-order valence-corrected chi connectivity index (χ2v) is 18.8. The summed E-state index contributed by atoms with van der Waals surface area (Å²) < 4.78 is 33.0. The molecule has 2 heterocycles. The van der Waals surface area contributed by atoms with E-state index < -0.39 is 71.7 Å². The number of aromatic nitrogens is 1. The molecule has 3 N–H and O–H groups in total. The maximum absolute atomic E-state index is 14.0. The molecule has 1 saturated heterocycles. The Labute approximate surface area is 467 Å². The van der Waals surface area contributed by atoms with Crippen molar-refractivity contribution in [2.75, 3.05) is 118 Å². The Bertz CT molecular complexity index is 2460. The van der Waals surface area contributed by atoms with Crippen molar-refractivity contribution in [3.63, 3.8) is 0 Å². The number of carbonyl (C=O) groups is 9. The molecular weight excluding hydrogens is 1040 g/mol. The minimum atomic E-state index is -1.18. The molecular formula is C56H82N8O16. The lowest BCUT2D eigenvalue weighted by atomic mass is 10.1. The third-order valence-electron chi connectivity index (χ3n) is 13.1. The van der Waals surface area contributed by atoms with Gasteiger partial charge in [-0.25, -0.2) is 14.4 Å². The number of nitrogens with one attached hydrogen (secondary N) is 3. The van der Waals surface area contributed by atoms with Crippen LogP contribution in [0, 0.1) is 0 Å². The van der Waals surface area contributed by atoms with Gasteiger partial charge in [0.15, 0.2) is 5.43 Å². The number of pyridine rings is 1. The van der Waals surface area contributed by atoms with Crippen LogP contribution in [-0.2, 0) is 78.1 Å². The van der Waals surface area contributed by atoms with E-state index in [0.717, 1.165) is 11.0 Å². The Morgan fingerprint density at radius 1 is 0.412 bits per heavy atom. The van der Waals surface area contributed by atoms with E-state index in [1.807, 2.05) is 46.2 Å². The second-order valence-electron chi connectivity index (χ2n) is 18.8. The van der Waals surface area contributed by atoms with Crippen LogP contribution in [0.25, 0.3) is 21.8 Å². The fraction of sp³-hybridized carbons (Fsp3) is 0.607. The number of amides is 3. The summed E-state index contributed by atoms with van der Waals surface area (Å²) in [7, 11) is 0. The predicted octanol–water partition coefficient (Wildman–Crippen LogP) is 1.55. The van der Waals surface area contributed by atoms with Crippen LogP contribution >= 0.6 is 0 Å². The van der Waals surface area contributed by atoms with Gasteiger partial charge in [0.2, 0.25) is 17.7 Å². The number of nitrogens with zero attached hydrogens (tertiary/aromatic N) is 5. The minimum absolute atomic E-state index is 0.0278. The first kappa shape index (κ1) is 65.5. The molecule has 1 fully saturated rings. The van der Waals surface area contributed by atoms with Crippen LogP contribution in [0.1, 0.15) is 80.1 Å². The van der Waals surface area contributed by atoms with Crippen LogP contribution in [0.2, 0.25) is 0 Å². The lowest BCUT2D eigenvalue weighted by Gasteiger charge is -2.34. The van der Waals surface area contributed by atoms with Crippen LogP contribution in [0.3, 0.4) is 0 Å². The van der Waals surface area contributed by atoms with Crippen molar-refractivity contribution in [3.8, 4) is 0 Å². The summed E-state index contributed by atoms with van der Waals surface area (Å²) >= 11 is 0. The molecule has 0 aliphatic carbocycles. The molecule has 442 valence electrons. The fourth-order valence-electron chi connectivity index (χ4n) is 9.13. The monoisotopic (exact) mass is 1120 g/mol. The zero-order chi connectivity index (χ0) is 58.4. The fourth-order valence-corrected chi connectivity index (χ4v) is 9.13. The maximum atomic E-state index is 14.0. The van der Waals surface area contributed by atoms with Gasteiger partial charge in [-0.15, -0.1) is 0 Å². The van der Waals surface area contributed by atoms with E-state index in [4.69, 9.17) is 28.4 Å². The van der Waals surface area contributed by atoms with Crippen molar-refractivity contribution in [1.82, 2.24) is 40.1 Å². The van der Waals surface area contributed by atoms with Gasteiger partial charge in [0, 0.05) is 95.5 Å². The highest BCUT2D eigenvalue weighted by molar-refractivity contribution is 5.93. The quantitative estimate of drug-likeness (QED) is 0.0485. The van der Waals surface area contributed by atoms with Crippen molar-refractivity contribution in [1.29, 1.82) is 0 Å². The Morgan fingerprint density at radius 3 is 1.00 bits per heavy atom. The average molecular weight is 1120 g/mol. The molecule has 3 amide bonds. The Morgan fingerprint density at radius 2 is 0.700 bits per heavy atom. The molecule has 3 aromatic rings. The van der Waals surface area contributed by atoms with E-state index >= 15 is 0 Å². The molecule has 3 atom stereocenters. The molecule has 0 bridgehead atoms. The summed E-state index contributed by atoms with van der Waals surface area (Å²) in [6.45, 7) is 12.6. The second kappa shape index (κ2) is 35.6. The van der Waals surface area contributed by atoms with Gasteiger partial charge in [-0.1, -0.05) is 24.3 Å². The van der Waals surface area contributed by atoms with E-state index in [2.05, 4.69) is 25.4 Å². The van der Waals surface area contributed by atoms with E-state index in [1.165, 1.54) is 0 Å². The largest absolute Gasteiger partial charge is 0.466 e. The molecule has 0 radical (unpaired) electrons. The van der Waals surface area contributed by atoms with Gasteiger partial charge in [0.25, 0.3) is 0 Å². The molecule has 2 aromatic carbocycles. The smallest absolute Gasteiger partial charge is 0.328 e. The van der Waals surface area contributed by atoms with Crippen molar-refractivity contribution in [2.24, 2.45) is 0 Å². The molecule has 1 aliphatic rings. The minimum Gasteiger partial charge on any atom is -0.466 e. The molecule has 0 unspecified atom stereocenters. The normalized spacial score (nSPS) is 15.2. The van der Waals surface area contributed by atoms with E-state index in [-0.39, 0.29) is 142 Å². The molecule has 0 saturated carbocycles. The molecule has 1 aromatic heterocycles. The predicted molar refractivity (Wildman–Crippen MR) is 295 cm³/mol. The summed E-state index contributed by atoms with van der Waals surface area (Å²) in [5.74, 6) is -5.40. The number of benzene rings is 2. The lowest BCUT2D eigenvalue weighted by molar-refractivity contribution is -0.150. The Hall–Kier alpha value is -7.02. The molecule has 0 spiro atoms. The highest BCUT2D eigenvalue weighted by atomic mass is 16.6. The van der Waals surface area contributed by atoms with Crippen molar-refractivity contribution < 1.29 is 71.6 Å². The molecule has 24 nitrogen and oxygen atoms in total. The van der Waals surface area contributed by atoms with E-state index in [9.17, 15) is 47.9 Å². The Kier molecular flexibility index (Phi) is 29.1. The number of carbonyl (C=O) groups excluding carboxylic acids is 9. The highest BCUT2D eigenvalue weighted by Crippen LogP contribution is 2.20. The van der Waals surface area contributed by atoms with Gasteiger partial charge in [-0.05, 0) is 85.1 Å². The highest BCUT2D eigenvalue weighted by Gasteiger charge is 2.29.